The van der Waals surface area contributed by atoms with Gasteiger partial charge in [-0.1, -0.05) is 49.7 Å². The van der Waals surface area contributed by atoms with Crippen LogP contribution in [0.3, 0.4) is 0 Å². The second kappa shape index (κ2) is 6.42. The SMILES string of the molecule is CC(C)c1nc2c(cnn2-c2ccccc2)c(=O)n1-c1cccc(Cl)c1. The van der Waals surface area contributed by atoms with E-state index in [0.717, 1.165) is 5.69 Å². The van der Waals surface area contributed by atoms with E-state index in [0.29, 0.717) is 27.6 Å². The summed E-state index contributed by atoms with van der Waals surface area (Å²) in [6.07, 6.45) is 1.57. The lowest BCUT2D eigenvalue weighted by molar-refractivity contribution is 0.718. The number of rotatable bonds is 3. The molecule has 0 N–H and O–H groups in total. The van der Waals surface area contributed by atoms with Gasteiger partial charge >= 0.3 is 0 Å². The molecule has 0 radical (unpaired) electrons. The summed E-state index contributed by atoms with van der Waals surface area (Å²) in [6, 6.07) is 16.9. The highest BCUT2D eigenvalue weighted by molar-refractivity contribution is 6.30. The predicted octanol–water partition coefficient (Wildman–Crippen LogP) is 4.35. The van der Waals surface area contributed by atoms with Crippen molar-refractivity contribution in [3.05, 3.63) is 82.0 Å². The monoisotopic (exact) mass is 364 g/mol. The minimum atomic E-state index is -0.150. The van der Waals surface area contributed by atoms with Crippen molar-refractivity contribution in [1.82, 2.24) is 19.3 Å². The van der Waals surface area contributed by atoms with Crippen LogP contribution in [0.5, 0.6) is 0 Å². The molecule has 0 aliphatic carbocycles. The lowest BCUT2D eigenvalue weighted by Gasteiger charge is -2.15. The molecule has 4 rings (SSSR count). The number of hydrogen-bond acceptors (Lipinski definition) is 3. The van der Waals surface area contributed by atoms with Crippen LogP contribution < -0.4 is 5.56 Å². The highest BCUT2D eigenvalue weighted by atomic mass is 35.5. The van der Waals surface area contributed by atoms with Gasteiger partial charge in [-0.15, -0.1) is 0 Å². The van der Waals surface area contributed by atoms with Gasteiger partial charge in [0.15, 0.2) is 5.65 Å². The summed E-state index contributed by atoms with van der Waals surface area (Å²) in [5, 5.41) is 5.44. The molecule has 0 atom stereocenters. The summed E-state index contributed by atoms with van der Waals surface area (Å²) in [5.41, 5.74) is 1.98. The Balaban J connectivity index is 2.05. The highest BCUT2D eigenvalue weighted by Gasteiger charge is 2.19. The van der Waals surface area contributed by atoms with E-state index in [1.165, 1.54) is 0 Å². The molecule has 5 nitrogen and oxygen atoms in total. The lowest BCUT2D eigenvalue weighted by Crippen LogP contribution is -2.24. The summed E-state index contributed by atoms with van der Waals surface area (Å²) in [4.78, 5) is 18.0. The Labute approximate surface area is 155 Å². The summed E-state index contributed by atoms with van der Waals surface area (Å²) >= 11 is 6.13. The minimum Gasteiger partial charge on any atom is -0.268 e. The van der Waals surface area contributed by atoms with E-state index in [1.807, 2.05) is 56.3 Å². The summed E-state index contributed by atoms with van der Waals surface area (Å²) in [5.74, 6) is 0.715. The van der Waals surface area contributed by atoms with Crippen molar-refractivity contribution in [2.75, 3.05) is 0 Å². The molecule has 6 heteroatoms. The van der Waals surface area contributed by atoms with Gasteiger partial charge in [-0.25, -0.2) is 9.67 Å². The van der Waals surface area contributed by atoms with Gasteiger partial charge < -0.3 is 0 Å². The maximum atomic E-state index is 13.2. The molecule has 2 heterocycles. The number of para-hydroxylation sites is 1. The van der Waals surface area contributed by atoms with Gasteiger partial charge in [0.05, 0.1) is 17.6 Å². The summed E-state index contributed by atoms with van der Waals surface area (Å²) < 4.78 is 3.32. The molecule has 2 aromatic carbocycles. The fraction of sp³-hybridized carbons (Fsp3) is 0.150. The first-order chi connectivity index (χ1) is 12.6. The topological polar surface area (TPSA) is 52.7 Å². The van der Waals surface area contributed by atoms with Crippen molar-refractivity contribution >= 4 is 22.6 Å². The van der Waals surface area contributed by atoms with E-state index in [1.54, 1.807) is 27.6 Å². The van der Waals surface area contributed by atoms with Crippen LogP contribution in [0.1, 0.15) is 25.6 Å². The van der Waals surface area contributed by atoms with E-state index in [-0.39, 0.29) is 11.5 Å². The molecule has 26 heavy (non-hydrogen) atoms. The Kier molecular flexibility index (Phi) is 4.09. The molecule has 0 aliphatic heterocycles. The zero-order valence-electron chi connectivity index (χ0n) is 14.4. The first kappa shape index (κ1) is 16.5. The van der Waals surface area contributed by atoms with Gasteiger partial charge in [0.1, 0.15) is 11.2 Å². The lowest BCUT2D eigenvalue weighted by atomic mass is 10.2. The van der Waals surface area contributed by atoms with Gasteiger partial charge in [-0.05, 0) is 30.3 Å². The number of hydrogen-bond donors (Lipinski definition) is 0. The molecular formula is C20H17ClN4O. The number of halogens is 1. The first-order valence-electron chi connectivity index (χ1n) is 8.38. The van der Waals surface area contributed by atoms with E-state index in [4.69, 9.17) is 16.6 Å². The van der Waals surface area contributed by atoms with Crippen LogP contribution in [0.15, 0.2) is 65.6 Å². The molecule has 0 aliphatic rings. The Morgan fingerprint density at radius 1 is 1.00 bits per heavy atom. The van der Waals surface area contributed by atoms with Gasteiger partial charge in [-0.2, -0.15) is 5.10 Å². The second-order valence-corrected chi connectivity index (χ2v) is 6.81. The van der Waals surface area contributed by atoms with Crippen LogP contribution >= 0.6 is 11.6 Å². The predicted molar refractivity (Wildman–Crippen MR) is 104 cm³/mol. The zero-order valence-corrected chi connectivity index (χ0v) is 15.2. The third-order valence-electron chi connectivity index (χ3n) is 4.21. The molecule has 0 fully saturated rings. The Hall–Kier alpha value is -2.92. The Bertz CT molecular complexity index is 1150. The van der Waals surface area contributed by atoms with E-state index < -0.39 is 0 Å². The molecule has 0 bridgehead atoms. The zero-order chi connectivity index (χ0) is 18.3. The maximum absolute atomic E-state index is 13.2. The molecule has 130 valence electrons. The van der Waals surface area contributed by atoms with Crippen molar-refractivity contribution in [2.24, 2.45) is 0 Å². The van der Waals surface area contributed by atoms with Crippen molar-refractivity contribution in [3.63, 3.8) is 0 Å². The van der Waals surface area contributed by atoms with Gasteiger partial charge in [0, 0.05) is 10.9 Å². The van der Waals surface area contributed by atoms with Crippen molar-refractivity contribution in [1.29, 1.82) is 0 Å². The summed E-state index contributed by atoms with van der Waals surface area (Å²) in [7, 11) is 0. The van der Waals surface area contributed by atoms with Gasteiger partial charge in [0.2, 0.25) is 0 Å². The normalized spacial score (nSPS) is 11.4. The van der Waals surface area contributed by atoms with E-state index in [9.17, 15) is 4.79 Å². The quantitative estimate of drug-likeness (QED) is 0.543. The fourth-order valence-electron chi connectivity index (χ4n) is 2.99. The summed E-state index contributed by atoms with van der Waals surface area (Å²) in [6.45, 7) is 4.02. The van der Waals surface area contributed by atoms with Crippen LogP contribution in [0.2, 0.25) is 5.02 Å². The van der Waals surface area contributed by atoms with Gasteiger partial charge in [0.25, 0.3) is 5.56 Å². The van der Waals surface area contributed by atoms with Crippen molar-refractivity contribution < 1.29 is 0 Å². The van der Waals surface area contributed by atoms with Gasteiger partial charge in [-0.3, -0.25) is 9.36 Å². The van der Waals surface area contributed by atoms with E-state index >= 15 is 0 Å². The van der Waals surface area contributed by atoms with Crippen LogP contribution in [-0.2, 0) is 0 Å². The van der Waals surface area contributed by atoms with Crippen LogP contribution in [0.25, 0.3) is 22.4 Å². The first-order valence-corrected chi connectivity index (χ1v) is 8.76. The molecular weight excluding hydrogens is 348 g/mol. The second-order valence-electron chi connectivity index (χ2n) is 6.37. The number of aromatic nitrogens is 4. The molecule has 0 spiro atoms. The van der Waals surface area contributed by atoms with Crippen LogP contribution in [0.4, 0.5) is 0 Å². The molecule has 4 aromatic rings. The average Bonchev–Trinajstić information content (AvgIpc) is 3.06. The molecule has 0 saturated heterocycles. The minimum absolute atomic E-state index is 0.0465. The molecule has 0 amide bonds. The van der Waals surface area contributed by atoms with Crippen LogP contribution in [0, 0.1) is 0 Å². The molecule has 0 unspecified atom stereocenters. The smallest absolute Gasteiger partial charge is 0.268 e. The third kappa shape index (κ3) is 2.70. The Morgan fingerprint density at radius 3 is 2.42 bits per heavy atom. The van der Waals surface area contributed by atoms with Crippen molar-refractivity contribution in [2.45, 2.75) is 19.8 Å². The molecule has 0 saturated carbocycles. The van der Waals surface area contributed by atoms with E-state index in [2.05, 4.69) is 5.10 Å². The van der Waals surface area contributed by atoms with Crippen LogP contribution in [-0.4, -0.2) is 19.3 Å². The highest BCUT2D eigenvalue weighted by Crippen LogP contribution is 2.22. The average molecular weight is 365 g/mol. The largest absolute Gasteiger partial charge is 0.269 e. The maximum Gasteiger partial charge on any atom is 0.269 e. The number of nitrogens with zero attached hydrogens (tertiary/aromatic N) is 4. The van der Waals surface area contributed by atoms with Crippen molar-refractivity contribution in [3.8, 4) is 11.4 Å². The number of fused-ring (bicyclic) bond motifs is 1. The Morgan fingerprint density at radius 2 is 1.73 bits per heavy atom. The fourth-order valence-corrected chi connectivity index (χ4v) is 3.18. The number of benzene rings is 2. The standard InChI is InChI=1S/C20H17ClN4O/c1-13(2)18-23-19-17(12-22-25(19)15-8-4-3-5-9-15)20(26)24(18)16-10-6-7-14(21)11-16/h3-13H,1-2H3. The molecule has 2 aromatic heterocycles. The third-order valence-corrected chi connectivity index (χ3v) is 4.45.